The summed E-state index contributed by atoms with van der Waals surface area (Å²) in [7, 11) is 0. The van der Waals surface area contributed by atoms with Crippen molar-refractivity contribution in [3.8, 4) is 0 Å². The second kappa shape index (κ2) is 5.29. The molecule has 82 valence electrons. The minimum Gasteiger partial charge on any atom is -0.373 e. The molecule has 0 atom stereocenters. The fourth-order valence-electron chi connectivity index (χ4n) is 1.86. The van der Waals surface area contributed by atoms with Crippen LogP contribution in [0.25, 0.3) is 0 Å². The second-order valence-electron chi connectivity index (χ2n) is 4.25. The molecule has 1 heterocycles. The Labute approximate surface area is 91.6 Å². The van der Waals surface area contributed by atoms with Gasteiger partial charge in [0.05, 0.1) is 12.7 Å². The van der Waals surface area contributed by atoms with Crippen molar-refractivity contribution in [2.75, 3.05) is 13.1 Å². The summed E-state index contributed by atoms with van der Waals surface area (Å²) in [6, 6.07) is 8.58. The topological polar surface area (TPSA) is 21.3 Å². The molecule has 0 aliphatic carbocycles. The van der Waals surface area contributed by atoms with Crippen molar-refractivity contribution in [1.82, 2.24) is 5.32 Å². The smallest absolute Gasteiger partial charge is 0.0720 e. The first kappa shape index (κ1) is 10.7. The maximum atomic E-state index is 5.87. The maximum absolute atomic E-state index is 5.87. The van der Waals surface area contributed by atoms with Gasteiger partial charge in [-0.2, -0.15) is 0 Å². The molecule has 1 aliphatic rings. The molecule has 1 aromatic carbocycles. The van der Waals surface area contributed by atoms with Crippen molar-refractivity contribution in [1.29, 1.82) is 0 Å². The summed E-state index contributed by atoms with van der Waals surface area (Å²) in [5, 5.41) is 3.34. The highest BCUT2D eigenvalue weighted by Crippen LogP contribution is 2.11. The summed E-state index contributed by atoms with van der Waals surface area (Å²) in [6.07, 6.45) is 2.74. The van der Waals surface area contributed by atoms with Crippen LogP contribution in [0.4, 0.5) is 0 Å². The lowest BCUT2D eigenvalue weighted by molar-refractivity contribution is 0.0212. The largest absolute Gasteiger partial charge is 0.373 e. The first-order valence-corrected chi connectivity index (χ1v) is 5.72. The Balaban J connectivity index is 1.79. The minimum atomic E-state index is 0.451. The van der Waals surface area contributed by atoms with Gasteiger partial charge in [-0.15, -0.1) is 0 Å². The van der Waals surface area contributed by atoms with Crippen LogP contribution < -0.4 is 5.32 Å². The van der Waals surface area contributed by atoms with Crippen molar-refractivity contribution < 1.29 is 4.74 Å². The Morgan fingerprint density at radius 3 is 2.53 bits per heavy atom. The molecule has 15 heavy (non-hydrogen) atoms. The van der Waals surface area contributed by atoms with E-state index in [0.717, 1.165) is 32.5 Å². The van der Waals surface area contributed by atoms with Gasteiger partial charge in [0.15, 0.2) is 0 Å². The Kier molecular flexibility index (Phi) is 3.75. The van der Waals surface area contributed by atoms with Crippen LogP contribution >= 0.6 is 0 Å². The summed E-state index contributed by atoms with van der Waals surface area (Å²) in [6.45, 7) is 5.06. The molecular formula is C13H19NO. The fourth-order valence-corrected chi connectivity index (χ4v) is 1.86. The third kappa shape index (κ3) is 3.33. The molecular weight excluding hydrogens is 186 g/mol. The van der Waals surface area contributed by atoms with Crippen LogP contribution in [-0.4, -0.2) is 19.2 Å². The van der Waals surface area contributed by atoms with Crippen LogP contribution in [0.1, 0.15) is 24.0 Å². The zero-order valence-electron chi connectivity index (χ0n) is 9.33. The Morgan fingerprint density at radius 1 is 1.20 bits per heavy atom. The monoisotopic (exact) mass is 205 g/mol. The standard InChI is InChI=1S/C13H19NO/c1-11-2-4-12(5-3-11)10-15-13-6-8-14-9-7-13/h2-5,13-14H,6-10H2,1H3. The first-order valence-electron chi connectivity index (χ1n) is 5.72. The number of hydrogen-bond donors (Lipinski definition) is 1. The van der Waals surface area contributed by atoms with Crippen molar-refractivity contribution in [3.05, 3.63) is 35.4 Å². The Hall–Kier alpha value is -0.860. The van der Waals surface area contributed by atoms with E-state index in [1.807, 2.05) is 0 Å². The fraction of sp³-hybridized carbons (Fsp3) is 0.538. The van der Waals surface area contributed by atoms with E-state index in [9.17, 15) is 0 Å². The summed E-state index contributed by atoms with van der Waals surface area (Å²) < 4.78 is 5.87. The number of piperidine rings is 1. The Bertz CT molecular complexity index is 288. The molecule has 2 nitrogen and oxygen atoms in total. The van der Waals surface area contributed by atoms with E-state index in [1.165, 1.54) is 11.1 Å². The van der Waals surface area contributed by atoms with E-state index < -0.39 is 0 Å². The number of rotatable bonds is 3. The number of hydrogen-bond acceptors (Lipinski definition) is 2. The number of nitrogens with one attached hydrogen (secondary N) is 1. The van der Waals surface area contributed by atoms with Crippen LogP contribution in [0.2, 0.25) is 0 Å². The van der Waals surface area contributed by atoms with Gasteiger partial charge in [0.2, 0.25) is 0 Å². The lowest BCUT2D eigenvalue weighted by atomic mass is 10.1. The molecule has 0 bridgehead atoms. The Morgan fingerprint density at radius 2 is 1.87 bits per heavy atom. The summed E-state index contributed by atoms with van der Waals surface area (Å²) in [4.78, 5) is 0. The zero-order chi connectivity index (χ0) is 10.5. The van der Waals surface area contributed by atoms with Gasteiger partial charge in [-0.1, -0.05) is 29.8 Å². The average Bonchev–Trinajstić information content (AvgIpc) is 2.30. The summed E-state index contributed by atoms with van der Waals surface area (Å²) in [5.74, 6) is 0. The summed E-state index contributed by atoms with van der Waals surface area (Å²) in [5.41, 5.74) is 2.58. The number of aryl methyl sites for hydroxylation is 1. The molecule has 2 heteroatoms. The number of ether oxygens (including phenoxy) is 1. The first-order chi connectivity index (χ1) is 7.34. The van der Waals surface area contributed by atoms with Gasteiger partial charge in [0, 0.05) is 0 Å². The minimum absolute atomic E-state index is 0.451. The molecule has 0 radical (unpaired) electrons. The molecule has 1 aromatic rings. The molecule has 0 aromatic heterocycles. The molecule has 1 saturated heterocycles. The van der Waals surface area contributed by atoms with Gasteiger partial charge in [0.25, 0.3) is 0 Å². The van der Waals surface area contributed by atoms with Crippen LogP contribution in [0.5, 0.6) is 0 Å². The van der Waals surface area contributed by atoms with E-state index in [2.05, 4.69) is 36.5 Å². The molecule has 0 amide bonds. The van der Waals surface area contributed by atoms with Crippen molar-refractivity contribution in [2.45, 2.75) is 32.5 Å². The lowest BCUT2D eigenvalue weighted by Gasteiger charge is -2.22. The molecule has 2 rings (SSSR count). The van der Waals surface area contributed by atoms with E-state index in [0.29, 0.717) is 6.10 Å². The average molecular weight is 205 g/mol. The highest BCUT2D eigenvalue weighted by Gasteiger charge is 2.12. The van der Waals surface area contributed by atoms with Gasteiger partial charge < -0.3 is 10.1 Å². The van der Waals surface area contributed by atoms with E-state index >= 15 is 0 Å². The highest BCUT2D eigenvalue weighted by molar-refractivity contribution is 5.20. The molecule has 1 N–H and O–H groups in total. The van der Waals surface area contributed by atoms with Gasteiger partial charge in [-0.05, 0) is 38.4 Å². The predicted octanol–water partition coefficient (Wildman–Crippen LogP) is 2.26. The zero-order valence-corrected chi connectivity index (χ0v) is 9.33. The van der Waals surface area contributed by atoms with Crippen molar-refractivity contribution >= 4 is 0 Å². The van der Waals surface area contributed by atoms with Crippen LogP contribution in [0.15, 0.2) is 24.3 Å². The molecule has 0 unspecified atom stereocenters. The predicted molar refractivity (Wildman–Crippen MR) is 61.9 cm³/mol. The normalized spacial score (nSPS) is 17.9. The molecule has 0 spiro atoms. The quantitative estimate of drug-likeness (QED) is 0.817. The van der Waals surface area contributed by atoms with E-state index in [4.69, 9.17) is 4.74 Å². The van der Waals surface area contributed by atoms with Crippen molar-refractivity contribution in [3.63, 3.8) is 0 Å². The maximum Gasteiger partial charge on any atom is 0.0720 e. The second-order valence-corrected chi connectivity index (χ2v) is 4.25. The van der Waals surface area contributed by atoms with Gasteiger partial charge in [-0.25, -0.2) is 0 Å². The van der Waals surface area contributed by atoms with Crippen LogP contribution in [0, 0.1) is 6.92 Å². The SMILES string of the molecule is Cc1ccc(COC2CCNCC2)cc1. The third-order valence-electron chi connectivity index (χ3n) is 2.89. The number of benzene rings is 1. The molecule has 1 aliphatic heterocycles. The van der Waals surface area contributed by atoms with Crippen LogP contribution in [-0.2, 0) is 11.3 Å². The van der Waals surface area contributed by atoms with E-state index in [1.54, 1.807) is 0 Å². The van der Waals surface area contributed by atoms with Gasteiger partial charge in [0.1, 0.15) is 0 Å². The van der Waals surface area contributed by atoms with Gasteiger partial charge >= 0.3 is 0 Å². The molecule has 0 saturated carbocycles. The third-order valence-corrected chi connectivity index (χ3v) is 2.89. The van der Waals surface area contributed by atoms with E-state index in [-0.39, 0.29) is 0 Å². The van der Waals surface area contributed by atoms with Crippen LogP contribution in [0.3, 0.4) is 0 Å². The highest BCUT2D eigenvalue weighted by atomic mass is 16.5. The lowest BCUT2D eigenvalue weighted by Crippen LogP contribution is -2.32. The van der Waals surface area contributed by atoms with Crippen molar-refractivity contribution in [2.24, 2.45) is 0 Å². The molecule has 1 fully saturated rings. The summed E-state index contributed by atoms with van der Waals surface area (Å²) >= 11 is 0. The van der Waals surface area contributed by atoms with Gasteiger partial charge in [-0.3, -0.25) is 0 Å².